The lowest BCUT2D eigenvalue weighted by molar-refractivity contribution is -0.383. The SMILES string of the molecule is CN(CC#N)Cc1ccc2c([N+](=O)[O-])ccc(O)c2n1. The molecule has 0 fully saturated rings. The number of phenols is 1. The molecule has 7 nitrogen and oxygen atoms in total. The molecule has 0 amide bonds. The van der Waals surface area contributed by atoms with Gasteiger partial charge in [0.2, 0.25) is 0 Å². The zero-order valence-electron chi connectivity index (χ0n) is 10.8. The molecule has 0 bridgehead atoms. The second-order valence-corrected chi connectivity index (χ2v) is 4.39. The first-order chi connectivity index (χ1) is 9.52. The number of rotatable bonds is 4. The second kappa shape index (κ2) is 5.50. The van der Waals surface area contributed by atoms with Gasteiger partial charge in [-0.1, -0.05) is 0 Å². The van der Waals surface area contributed by atoms with Crippen molar-refractivity contribution in [1.82, 2.24) is 9.88 Å². The average Bonchev–Trinajstić information content (AvgIpc) is 2.39. The van der Waals surface area contributed by atoms with E-state index in [1.807, 2.05) is 6.07 Å². The van der Waals surface area contributed by atoms with Crippen LogP contribution in [0.2, 0.25) is 0 Å². The summed E-state index contributed by atoms with van der Waals surface area (Å²) in [6, 6.07) is 7.75. The first-order valence-electron chi connectivity index (χ1n) is 5.84. The van der Waals surface area contributed by atoms with Gasteiger partial charge in [0, 0.05) is 12.6 Å². The summed E-state index contributed by atoms with van der Waals surface area (Å²) >= 11 is 0. The van der Waals surface area contributed by atoms with E-state index >= 15 is 0 Å². The third-order valence-corrected chi connectivity index (χ3v) is 2.84. The van der Waals surface area contributed by atoms with Gasteiger partial charge < -0.3 is 5.11 Å². The van der Waals surface area contributed by atoms with Crippen molar-refractivity contribution in [3.63, 3.8) is 0 Å². The highest BCUT2D eigenvalue weighted by molar-refractivity contribution is 5.92. The molecule has 0 atom stereocenters. The summed E-state index contributed by atoms with van der Waals surface area (Å²) < 4.78 is 0. The highest BCUT2D eigenvalue weighted by Crippen LogP contribution is 2.30. The topological polar surface area (TPSA) is 103 Å². The molecule has 0 spiro atoms. The van der Waals surface area contributed by atoms with Crippen molar-refractivity contribution in [2.24, 2.45) is 0 Å². The normalized spacial score (nSPS) is 10.7. The first kappa shape index (κ1) is 13.7. The number of hydrogen-bond acceptors (Lipinski definition) is 6. The summed E-state index contributed by atoms with van der Waals surface area (Å²) in [5.74, 6) is -0.101. The summed E-state index contributed by atoms with van der Waals surface area (Å²) in [5, 5.41) is 29.6. The molecule has 0 aliphatic carbocycles. The molecule has 1 aromatic carbocycles. The summed E-state index contributed by atoms with van der Waals surface area (Å²) in [6.07, 6.45) is 0. The van der Waals surface area contributed by atoms with Gasteiger partial charge in [0.15, 0.2) is 0 Å². The molecule has 0 saturated carbocycles. The number of phenolic OH excluding ortho intramolecular Hbond substituents is 1. The van der Waals surface area contributed by atoms with E-state index in [2.05, 4.69) is 4.98 Å². The maximum absolute atomic E-state index is 10.9. The van der Waals surface area contributed by atoms with E-state index in [-0.39, 0.29) is 23.5 Å². The van der Waals surface area contributed by atoms with Crippen LogP contribution >= 0.6 is 0 Å². The Hall–Kier alpha value is -2.72. The number of benzene rings is 1. The number of aromatic hydroxyl groups is 1. The fraction of sp³-hybridized carbons (Fsp3) is 0.231. The molecule has 20 heavy (non-hydrogen) atoms. The van der Waals surface area contributed by atoms with Crippen LogP contribution < -0.4 is 0 Å². The number of nitro benzene ring substituents is 1. The van der Waals surface area contributed by atoms with Gasteiger partial charge in [0.25, 0.3) is 5.69 Å². The van der Waals surface area contributed by atoms with Gasteiger partial charge in [-0.05, 0) is 25.2 Å². The van der Waals surface area contributed by atoms with Crippen LogP contribution in [0.1, 0.15) is 5.69 Å². The van der Waals surface area contributed by atoms with Gasteiger partial charge in [0.05, 0.1) is 28.6 Å². The molecule has 1 aromatic heterocycles. The summed E-state index contributed by atoms with van der Waals surface area (Å²) in [6.45, 7) is 0.673. The van der Waals surface area contributed by atoms with Crippen LogP contribution in [0.5, 0.6) is 5.75 Å². The van der Waals surface area contributed by atoms with Gasteiger partial charge >= 0.3 is 0 Å². The van der Waals surface area contributed by atoms with Crippen LogP contribution in [0.4, 0.5) is 5.69 Å². The Balaban J connectivity index is 2.47. The van der Waals surface area contributed by atoms with Crippen molar-refractivity contribution in [1.29, 1.82) is 5.26 Å². The zero-order chi connectivity index (χ0) is 14.7. The maximum atomic E-state index is 10.9. The number of fused-ring (bicyclic) bond motifs is 1. The molecule has 2 aromatic rings. The van der Waals surface area contributed by atoms with Gasteiger partial charge in [0.1, 0.15) is 11.3 Å². The fourth-order valence-electron chi connectivity index (χ4n) is 1.93. The average molecular weight is 272 g/mol. The number of non-ortho nitro benzene ring substituents is 1. The quantitative estimate of drug-likeness (QED) is 0.517. The van der Waals surface area contributed by atoms with E-state index in [1.165, 1.54) is 12.1 Å². The fourth-order valence-corrected chi connectivity index (χ4v) is 1.93. The van der Waals surface area contributed by atoms with Crippen molar-refractivity contribution in [3.05, 3.63) is 40.1 Å². The van der Waals surface area contributed by atoms with Gasteiger partial charge in [-0.15, -0.1) is 0 Å². The van der Waals surface area contributed by atoms with Gasteiger partial charge in [-0.2, -0.15) is 5.26 Å². The van der Waals surface area contributed by atoms with Crippen LogP contribution in [0, 0.1) is 21.4 Å². The van der Waals surface area contributed by atoms with E-state index in [9.17, 15) is 15.2 Å². The number of pyridine rings is 1. The molecule has 1 heterocycles. The van der Waals surface area contributed by atoms with Crippen molar-refractivity contribution in [2.45, 2.75) is 6.54 Å². The van der Waals surface area contributed by atoms with E-state index in [0.29, 0.717) is 17.6 Å². The summed E-state index contributed by atoms with van der Waals surface area (Å²) in [5.41, 5.74) is 0.732. The Labute approximate surface area is 114 Å². The van der Waals surface area contributed by atoms with Crippen LogP contribution in [-0.4, -0.2) is 33.5 Å². The Kier molecular flexibility index (Phi) is 3.77. The van der Waals surface area contributed by atoms with E-state index < -0.39 is 4.92 Å². The lowest BCUT2D eigenvalue weighted by Gasteiger charge is -2.12. The lowest BCUT2D eigenvalue weighted by Crippen LogP contribution is -2.18. The summed E-state index contributed by atoms with van der Waals surface area (Å²) in [7, 11) is 1.77. The van der Waals surface area contributed by atoms with Gasteiger partial charge in [-0.25, -0.2) is 4.98 Å². The Morgan fingerprint density at radius 3 is 2.85 bits per heavy atom. The van der Waals surface area contributed by atoms with Crippen LogP contribution in [-0.2, 0) is 6.54 Å². The highest BCUT2D eigenvalue weighted by atomic mass is 16.6. The minimum Gasteiger partial charge on any atom is -0.506 e. The van der Waals surface area contributed by atoms with Crippen molar-refractivity contribution in [2.75, 3.05) is 13.6 Å². The lowest BCUT2D eigenvalue weighted by atomic mass is 10.1. The molecule has 2 rings (SSSR count). The summed E-state index contributed by atoms with van der Waals surface area (Å²) in [4.78, 5) is 16.4. The zero-order valence-corrected chi connectivity index (χ0v) is 10.8. The number of nitrogens with zero attached hydrogens (tertiary/aromatic N) is 4. The standard InChI is InChI=1S/C13H12N4O3/c1-16(7-6-14)8-9-2-3-10-11(17(19)20)4-5-12(18)13(10)15-9/h2-5,18H,7-8H2,1H3. The van der Waals surface area contributed by atoms with E-state index in [0.717, 1.165) is 0 Å². The van der Waals surface area contributed by atoms with Crippen molar-refractivity contribution >= 4 is 16.6 Å². The Morgan fingerprint density at radius 1 is 1.45 bits per heavy atom. The third kappa shape index (κ3) is 2.65. The third-order valence-electron chi connectivity index (χ3n) is 2.84. The monoisotopic (exact) mass is 272 g/mol. The van der Waals surface area contributed by atoms with E-state index in [4.69, 9.17) is 5.26 Å². The van der Waals surface area contributed by atoms with Crippen LogP contribution in [0.25, 0.3) is 10.9 Å². The largest absolute Gasteiger partial charge is 0.506 e. The van der Waals surface area contributed by atoms with Crippen LogP contribution in [0.3, 0.4) is 0 Å². The maximum Gasteiger partial charge on any atom is 0.279 e. The van der Waals surface area contributed by atoms with Crippen molar-refractivity contribution in [3.8, 4) is 11.8 Å². The predicted molar refractivity (Wildman–Crippen MR) is 72.0 cm³/mol. The number of hydrogen-bond donors (Lipinski definition) is 1. The predicted octanol–water partition coefficient (Wildman–Crippen LogP) is 1.80. The number of nitriles is 1. The molecule has 0 radical (unpaired) electrons. The minimum absolute atomic E-state index is 0.0952. The Bertz CT molecular complexity index is 709. The molecule has 0 saturated heterocycles. The molecule has 0 aliphatic rings. The second-order valence-electron chi connectivity index (χ2n) is 4.39. The van der Waals surface area contributed by atoms with E-state index in [1.54, 1.807) is 24.1 Å². The Morgan fingerprint density at radius 2 is 2.20 bits per heavy atom. The first-order valence-corrected chi connectivity index (χ1v) is 5.84. The molecule has 0 aliphatic heterocycles. The molecular formula is C13H12N4O3. The molecular weight excluding hydrogens is 260 g/mol. The molecule has 1 N–H and O–H groups in total. The van der Waals surface area contributed by atoms with Crippen molar-refractivity contribution < 1.29 is 10.0 Å². The number of aromatic nitrogens is 1. The number of nitro groups is 1. The highest BCUT2D eigenvalue weighted by Gasteiger charge is 2.15. The van der Waals surface area contributed by atoms with Gasteiger partial charge in [-0.3, -0.25) is 15.0 Å². The molecule has 102 valence electrons. The van der Waals surface area contributed by atoms with Crippen LogP contribution in [0.15, 0.2) is 24.3 Å². The molecule has 0 unspecified atom stereocenters. The smallest absolute Gasteiger partial charge is 0.279 e. The minimum atomic E-state index is -0.509. The molecule has 7 heteroatoms.